The molecule has 1 saturated heterocycles. The zero-order chi connectivity index (χ0) is 13.6. The molecule has 0 bridgehead atoms. The number of aromatic nitrogens is 1. The van der Waals surface area contributed by atoms with E-state index in [0.29, 0.717) is 9.61 Å². The maximum absolute atomic E-state index is 11.7. The third kappa shape index (κ3) is 2.84. The predicted octanol–water partition coefficient (Wildman–Crippen LogP) is 2.34. The van der Waals surface area contributed by atoms with Crippen molar-refractivity contribution in [1.82, 2.24) is 9.88 Å². The number of ether oxygens (including phenoxy) is 1. The van der Waals surface area contributed by atoms with Crippen molar-refractivity contribution >= 4 is 33.4 Å². The van der Waals surface area contributed by atoms with Gasteiger partial charge in [0, 0.05) is 5.38 Å². The van der Waals surface area contributed by atoms with Gasteiger partial charge in [-0.05, 0) is 36.7 Å². The first kappa shape index (κ1) is 13.8. The van der Waals surface area contributed by atoms with Crippen LogP contribution in [0.4, 0.5) is 4.79 Å². The summed E-state index contributed by atoms with van der Waals surface area (Å²) in [6, 6.07) is 0. The number of rotatable bonds is 1. The lowest BCUT2D eigenvalue weighted by Gasteiger charge is -2.44. The highest BCUT2D eigenvalue weighted by atomic mass is 79.9. The van der Waals surface area contributed by atoms with Crippen molar-refractivity contribution in [3.8, 4) is 0 Å². The summed E-state index contributed by atoms with van der Waals surface area (Å²) in [7, 11) is 0. The molecule has 5 nitrogen and oxygen atoms in total. The Morgan fingerprint density at radius 2 is 2.22 bits per heavy atom. The van der Waals surface area contributed by atoms with Crippen LogP contribution in [0.3, 0.4) is 0 Å². The molecule has 0 aromatic carbocycles. The summed E-state index contributed by atoms with van der Waals surface area (Å²) in [6.07, 6.45) is -0.400. The van der Waals surface area contributed by atoms with Crippen molar-refractivity contribution in [3.05, 3.63) is 15.0 Å². The highest BCUT2D eigenvalue weighted by Crippen LogP contribution is 2.35. The molecule has 1 aliphatic rings. The Labute approximate surface area is 118 Å². The summed E-state index contributed by atoms with van der Waals surface area (Å²) >= 11 is 4.62. The summed E-state index contributed by atoms with van der Waals surface area (Å²) < 4.78 is 5.93. The fourth-order valence-electron chi connectivity index (χ4n) is 1.64. The first-order valence-electron chi connectivity index (χ1n) is 5.51. The minimum absolute atomic E-state index is 0.224. The zero-order valence-electron chi connectivity index (χ0n) is 10.4. The normalized spacial score (nSPS) is 18.4. The smallest absolute Gasteiger partial charge is 0.410 e. The average molecular weight is 335 g/mol. The number of nitrogens with zero attached hydrogens (tertiary/aromatic N) is 2. The minimum Gasteiger partial charge on any atom is -0.444 e. The molecule has 1 N–H and O–H groups in total. The molecule has 18 heavy (non-hydrogen) atoms. The largest absolute Gasteiger partial charge is 0.444 e. The van der Waals surface area contributed by atoms with E-state index in [1.807, 2.05) is 26.2 Å². The van der Waals surface area contributed by atoms with Crippen LogP contribution in [0, 0.1) is 0 Å². The Morgan fingerprint density at radius 1 is 1.61 bits per heavy atom. The second-order valence-corrected chi connectivity index (χ2v) is 7.01. The second kappa shape index (κ2) is 4.47. The number of likely N-dealkylation sites (tertiary alicyclic amines) is 1. The number of halogens is 1. The van der Waals surface area contributed by atoms with Crippen LogP contribution in [0.5, 0.6) is 0 Å². The SMILES string of the molecule is CC(C)(C)OC(=O)N1CC(O)(c2nc(Br)cs2)C1. The van der Waals surface area contributed by atoms with Crippen LogP contribution in [0.2, 0.25) is 0 Å². The van der Waals surface area contributed by atoms with Crippen LogP contribution in [0.1, 0.15) is 25.8 Å². The fourth-order valence-corrected chi connectivity index (χ4v) is 2.98. The van der Waals surface area contributed by atoms with Crippen LogP contribution in [-0.2, 0) is 10.3 Å². The molecule has 0 unspecified atom stereocenters. The van der Waals surface area contributed by atoms with E-state index >= 15 is 0 Å². The van der Waals surface area contributed by atoms with Crippen LogP contribution in [0.15, 0.2) is 9.98 Å². The Hall–Kier alpha value is -0.660. The van der Waals surface area contributed by atoms with Crippen molar-refractivity contribution in [1.29, 1.82) is 0 Å². The van der Waals surface area contributed by atoms with E-state index in [1.165, 1.54) is 16.2 Å². The van der Waals surface area contributed by atoms with Gasteiger partial charge in [-0.25, -0.2) is 9.78 Å². The van der Waals surface area contributed by atoms with Crippen molar-refractivity contribution in [2.45, 2.75) is 32.0 Å². The van der Waals surface area contributed by atoms with Gasteiger partial charge in [0.15, 0.2) is 5.60 Å². The molecule has 1 fully saturated rings. The molecule has 2 heterocycles. The third-order valence-electron chi connectivity index (χ3n) is 2.43. The lowest BCUT2D eigenvalue weighted by Crippen LogP contribution is -2.61. The van der Waals surface area contributed by atoms with E-state index in [0.717, 1.165) is 0 Å². The highest BCUT2D eigenvalue weighted by Gasteiger charge is 2.48. The number of thiazole rings is 1. The van der Waals surface area contributed by atoms with Crippen LogP contribution in [0.25, 0.3) is 0 Å². The third-order valence-corrected chi connectivity index (χ3v) is 4.18. The van der Waals surface area contributed by atoms with E-state index in [9.17, 15) is 9.90 Å². The minimum atomic E-state index is -1.03. The summed E-state index contributed by atoms with van der Waals surface area (Å²) in [5.74, 6) is 0. The standard InChI is InChI=1S/C11H15BrN2O3S/c1-10(2,3)17-9(15)14-5-11(16,6-14)8-13-7(12)4-18-8/h4,16H,5-6H2,1-3H3. The molecule has 0 atom stereocenters. The molecule has 7 heteroatoms. The molecule has 0 aliphatic carbocycles. The molecule has 100 valence electrons. The molecule has 1 aromatic rings. The van der Waals surface area contributed by atoms with Crippen LogP contribution >= 0.6 is 27.3 Å². The molecule has 1 aromatic heterocycles. The predicted molar refractivity (Wildman–Crippen MR) is 71.5 cm³/mol. The quantitative estimate of drug-likeness (QED) is 0.856. The average Bonchev–Trinajstić information content (AvgIpc) is 2.57. The van der Waals surface area contributed by atoms with E-state index in [2.05, 4.69) is 20.9 Å². The number of hydrogen-bond acceptors (Lipinski definition) is 5. The van der Waals surface area contributed by atoms with E-state index < -0.39 is 17.3 Å². The number of hydrogen-bond donors (Lipinski definition) is 1. The molecule has 0 spiro atoms. The van der Waals surface area contributed by atoms with E-state index in [4.69, 9.17) is 4.74 Å². The number of carbonyl (C=O) groups is 1. The van der Waals surface area contributed by atoms with Gasteiger partial charge in [-0.15, -0.1) is 11.3 Å². The molecule has 0 radical (unpaired) electrons. The van der Waals surface area contributed by atoms with Gasteiger partial charge in [0.05, 0.1) is 13.1 Å². The van der Waals surface area contributed by atoms with Crippen molar-refractivity contribution in [2.75, 3.05) is 13.1 Å². The summed E-state index contributed by atoms with van der Waals surface area (Å²) in [5, 5.41) is 12.7. The molecule has 1 aliphatic heterocycles. The van der Waals surface area contributed by atoms with E-state index in [1.54, 1.807) is 0 Å². The van der Waals surface area contributed by atoms with Gasteiger partial charge in [-0.3, -0.25) is 0 Å². The topological polar surface area (TPSA) is 62.7 Å². The monoisotopic (exact) mass is 334 g/mol. The number of carbonyl (C=O) groups excluding carboxylic acids is 1. The maximum Gasteiger partial charge on any atom is 0.410 e. The summed E-state index contributed by atoms with van der Waals surface area (Å²) in [6.45, 7) is 5.89. The first-order valence-corrected chi connectivity index (χ1v) is 7.19. The van der Waals surface area contributed by atoms with Crippen molar-refractivity contribution in [3.63, 3.8) is 0 Å². The summed E-state index contributed by atoms with van der Waals surface area (Å²) in [4.78, 5) is 17.4. The lowest BCUT2D eigenvalue weighted by molar-refractivity contribution is -0.103. The Morgan fingerprint density at radius 3 is 2.67 bits per heavy atom. The van der Waals surface area contributed by atoms with Gasteiger partial charge in [0.2, 0.25) is 0 Å². The van der Waals surface area contributed by atoms with Crippen LogP contribution < -0.4 is 0 Å². The number of amides is 1. The van der Waals surface area contributed by atoms with Gasteiger partial charge < -0.3 is 14.7 Å². The molecule has 0 saturated carbocycles. The van der Waals surface area contributed by atoms with Crippen molar-refractivity contribution < 1.29 is 14.6 Å². The fraction of sp³-hybridized carbons (Fsp3) is 0.636. The molecule has 2 rings (SSSR count). The molecular formula is C11H15BrN2O3S. The Kier molecular flexibility index (Phi) is 3.42. The maximum atomic E-state index is 11.7. The van der Waals surface area contributed by atoms with E-state index in [-0.39, 0.29) is 13.1 Å². The van der Waals surface area contributed by atoms with Crippen LogP contribution in [-0.4, -0.2) is 39.8 Å². The summed E-state index contributed by atoms with van der Waals surface area (Å²) in [5.41, 5.74) is -1.55. The lowest BCUT2D eigenvalue weighted by atomic mass is 9.96. The van der Waals surface area contributed by atoms with Gasteiger partial charge >= 0.3 is 6.09 Å². The highest BCUT2D eigenvalue weighted by molar-refractivity contribution is 9.10. The zero-order valence-corrected chi connectivity index (χ0v) is 12.8. The first-order chi connectivity index (χ1) is 8.20. The number of aliphatic hydroxyl groups is 1. The molecule has 1 amide bonds. The van der Waals surface area contributed by atoms with Gasteiger partial charge in [0.1, 0.15) is 15.2 Å². The van der Waals surface area contributed by atoms with Gasteiger partial charge in [-0.2, -0.15) is 0 Å². The van der Waals surface area contributed by atoms with Gasteiger partial charge in [-0.1, -0.05) is 0 Å². The number of β-amino-alcohol motifs (C(OH)–C–C–N with tert-alkyl or cyclic N) is 1. The molecular weight excluding hydrogens is 320 g/mol. The van der Waals surface area contributed by atoms with Crippen molar-refractivity contribution in [2.24, 2.45) is 0 Å². The van der Waals surface area contributed by atoms with Gasteiger partial charge in [0.25, 0.3) is 0 Å². The Bertz CT molecular complexity index is 463. The second-order valence-electron chi connectivity index (χ2n) is 5.34. The Balaban J connectivity index is 1.95.